The Balaban J connectivity index is 1.36. The number of hydrogen-bond donors (Lipinski definition) is 0. The molecule has 1 aliphatic rings. The third-order valence-electron chi connectivity index (χ3n) is 8.67. The normalized spacial score (nSPS) is 12.0. The largest absolute Gasteiger partial charge is 0.278 e. The molecule has 0 atom stereocenters. The maximum Gasteiger partial charge on any atom is 0.238 e. The molecule has 0 bridgehead atoms. The first-order chi connectivity index (χ1) is 21.8. The van der Waals surface area contributed by atoms with Crippen LogP contribution in [0.25, 0.3) is 72.8 Å². The first-order valence-corrected chi connectivity index (χ1v) is 14.9. The van der Waals surface area contributed by atoms with Gasteiger partial charge in [0.05, 0.1) is 11.0 Å². The van der Waals surface area contributed by atoms with Crippen LogP contribution in [-0.4, -0.2) is 19.5 Å². The molecule has 0 unspecified atom stereocenters. The average molecular weight is 563 g/mol. The molecule has 0 spiro atoms. The van der Waals surface area contributed by atoms with E-state index in [9.17, 15) is 0 Å². The highest BCUT2D eigenvalue weighted by atomic mass is 15.2. The van der Waals surface area contributed by atoms with Crippen molar-refractivity contribution in [3.8, 4) is 51.0 Å². The van der Waals surface area contributed by atoms with Crippen LogP contribution < -0.4 is 0 Å². The average Bonchev–Trinajstić information content (AvgIpc) is 3.62. The smallest absolute Gasteiger partial charge is 0.238 e. The highest BCUT2D eigenvalue weighted by molar-refractivity contribution is 6.12. The highest BCUT2D eigenvalue weighted by Gasteiger charge is 2.24. The maximum absolute atomic E-state index is 5.13. The van der Waals surface area contributed by atoms with Gasteiger partial charge in [0.1, 0.15) is 0 Å². The van der Waals surface area contributed by atoms with Gasteiger partial charge in [-0.15, -0.1) is 0 Å². The van der Waals surface area contributed by atoms with Gasteiger partial charge in [-0.25, -0.2) is 4.98 Å². The summed E-state index contributed by atoms with van der Waals surface area (Å²) in [7, 11) is 0. The minimum absolute atomic E-state index is 0.608. The Morgan fingerprint density at radius 3 is 1.68 bits per heavy atom. The summed E-state index contributed by atoms with van der Waals surface area (Å²) in [6.45, 7) is 0. The van der Waals surface area contributed by atoms with Crippen molar-refractivity contribution >= 4 is 21.8 Å². The highest BCUT2D eigenvalue weighted by Crippen LogP contribution is 2.43. The standard InChI is InChI=1S/C40H26N4/c1-4-12-26(13-5-1)29-20-21-36-34(23-29)35-24-31-22-30-18-10-11-19-32(30)33(31)25-37(35)44(36)40-42-38(27-14-6-2-7-15-27)41-39(43-40)28-16-8-3-9-17-28/h1-21,23-25H,22H2. The molecule has 6 aromatic carbocycles. The van der Waals surface area contributed by atoms with Crippen molar-refractivity contribution in [2.75, 3.05) is 0 Å². The predicted octanol–water partition coefficient (Wildman–Crippen LogP) is 9.54. The second-order valence-corrected chi connectivity index (χ2v) is 11.3. The molecule has 2 aromatic heterocycles. The summed E-state index contributed by atoms with van der Waals surface area (Å²) in [6, 6.07) is 51.1. The summed E-state index contributed by atoms with van der Waals surface area (Å²) in [4.78, 5) is 15.2. The summed E-state index contributed by atoms with van der Waals surface area (Å²) < 4.78 is 2.22. The maximum atomic E-state index is 5.13. The zero-order valence-electron chi connectivity index (χ0n) is 23.9. The summed E-state index contributed by atoms with van der Waals surface area (Å²) in [6.07, 6.45) is 0.939. The molecule has 0 amide bonds. The molecule has 2 heterocycles. The number of benzene rings is 6. The number of rotatable bonds is 4. The number of aromatic nitrogens is 4. The second-order valence-electron chi connectivity index (χ2n) is 11.3. The summed E-state index contributed by atoms with van der Waals surface area (Å²) in [5.41, 5.74) is 11.8. The van der Waals surface area contributed by atoms with E-state index < -0.39 is 0 Å². The molecule has 9 rings (SSSR count). The first kappa shape index (κ1) is 24.7. The Morgan fingerprint density at radius 1 is 0.409 bits per heavy atom. The summed E-state index contributed by atoms with van der Waals surface area (Å²) >= 11 is 0. The lowest BCUT2D eigenvalue weighted by Crippen LogP contribution is -2.06. The van der Waals surface area contributed by atoms with E-state index in [1.165, 1.54) is 44.2 Å². The molecule has 0 radical (unpaired) electrons. The van der Waals surface area contributed by atoms with Crippen LogP contribution >= 0.6 is 0 Å². The fraction of sp³-hybridized carbons (Fsp3) is 0.0250. The Morgan fingerprint density at radius 2 is 1.00 bits per heavy atom. The van der Waals surface area contributed by atoms with Gasteiger partial charge in [-0.1, -0.05) is 121 Å². The van der Waals surface area contributed by atoms with Crippen LogP contribution in [-0.2, 0) is 6.42 Å². The van der Waals surface area contributed by atoms with Crippen LogP contribution in [0.4, 0.5) is 0 Å². The van der Waals surface area contributed by atoms with Gasteiger partial charge in [-0.2, -0.15) is 9.97 Å². The summed E-state index contributed by atoms with van der Waals surface area (Å²) in [5, 5.41) is 2.38. The van der Waals surface area contributed by atoms with Crippen molar-refractivity contribution in [1.29, 1.82) is 0 Å². The third kappa shape index (κ3) is 3.96. The lowest BCUT2D eigenvalue weighted by Gasteiger charge is -2.11. The van der Waals surface area contributed by atoms with Crippen molar-refractivity contribution in [1.82, 2.24) is 19.5 Å². The SMILES string of the molecule is c1ccc(-c2ccc3c(c2)c2cc4c(cc2n3-c2nc(-c3ccccc3)nc(-c3ccccc3)n2)-c2ccccc2C4)cc1. The molecule has 0 saturated carbocycles. The quantitative estimate of drug-likeness (QED) is 0.215. The minimum Gasteiger partial charge on any atom is -0.278 e. The van der Waals surface area contributed by atoms with Gasteiger partial charge in [0.25, 0.3) is 0 Å². The van der Waals surface area contributed by atoms with Gasteiger partial charge in [-0.05, 0) is 64.1 Å². The molecular weight excluding hydrogens is 536 g/mol. The molecule has 206 valence electrons. The molecule has 4 heteroatoms. The molecular formula is C40H26N4. The van der Waals surface area contributed by atoms with E-state index in [0.29, 0.717) is 17.6 Å². The first-order valence-electron chi connectivity index (χ1n) is 14.9. The second kappa shape index (κ2) is 9.85. The van der Waals surface area contributed by atoms with Crippen LogP contribution in [0, 0.1) is 0 Å². The van der Waals surface area contributed by atoms with Crippen LogP contribution in [0.3, 0.4) is 0 Å². The van der Waals surface area contributed by atoms with Gasteiger partial charge in [0, 0.05) is 21.9 Å². The Hall–Kier alpha value is -5.87. The van der Waals surface area contributed by atoms with E-state index in [1.54, 1.807) is 0 Å². The van der Waals surface area contributed by atoms with E-state index in [4.69, 9.17) is 15.0 Å². The fourth-order valence-electron chi connectivity index (χ4n) is 6.57. The number of hydrogen-bond acceptors (Lipinski definition) is 3. The van der Waals surface area contributed by atoms with Crippen molar-refractivity contribution in [3.63, 3.8) is 0 Å². The van der Waals surface area contributed by atoms with Crippen molar-refractivity contribution < 1.29 is 0 Å². The number of fused-ring (bicyclic) bond motifs is 6. The Kier molecular flexibility index (Phi) is 5.53. The van der Waals surface area contributed by atoms with E-state index >= 15 is 0 Å². The molecule has 0 N–H and O–H groups in total. The minimum atomic E-state index is 0.608. The molecule has 0 fully saturated rings. The zero-order valence-corrected chi connectivity index (χ0v) is 23.9. The molecule has 0 saturated heterocycles. The Labute approximate surface area is 255 Å². The van der Waals surface area contributed by atoms with Gasteiger partial charge >= 0.3 is 0 Å². The third-order valence-corrected chi connectivity index (χ3v) is 8.67. The molecule has 1 aliphatic carbocycles. The van der Waals surface area contributed by atoms with E-state index in [-0.39, 0.29) is 0 Å². The lowest BCUT2D eigenvalue weighted by atomic mass is 10.0. The van der Waals surface area contributed by atoms with Crippen LogP contribution in [0.2, 0.25) is 0 Å². The molecule has 0 aliphatic heterocycles. The van der Waals surface area contributed by atoms with Crippen LogP contribution in [0.15, 0.2) is 146 Å². The predicted molar refractivity (Wildman–Crippen MR) is 179 cm³/mol. The molecule has 4 nitrogen and oxygen atoms in total. The van der Waals surface area contributed by atoms with Gasteiger partial charge in [0.15, 0.2) is 11.6 Å². The van der Waals surface area contributed by atoms with Gasteiger partial charge < -0.3 is 0 Å². The lowest BCUT2D eigenvalue weighted by molar-refractivity contribution is 0.953. The number of nitrogens with zero attached hydrogens (tertiary/aromatic N) is 4. The van der Waals surface area contributed by atoms with Crippen molar-refractivity contribution in [2.45, 2.75) is 6.42 Å². The topological polar surface area (TPSA) is 43.6 Å². The van der Waals surface area contributed by atoms with Crippen LogP contribution in [0.1, 0.15) is 11.1 Å². The summed E-state index contributed by atoms with van der Waals surface area (Å²) in [5.74, 6) is 1.91. The van der Waals surface area contributed by atoms with Gasteiger partial charge in [0.2, 0.25) is 5.95 Å². The van der Waals surface area contributed by atoms with Crippen molar-refractivity contribution in [3.05, 3.63) is 157 Å². The van der Waals surface area contributed by atoms with Crippen molar-refractivity contribution in [2.24, 2.45) is 0 Å². The Bertz CT molecular complexity index is 2280. The molecule has 44 heavy (non-hydrogen) atoms. The molecule has 8 aromatic rings. The van der Waals surface area contributed by atoms with E-state index in [1.807, 2.05) is 36.4 Å². The van der Waals surface area contributed by atoms with Gasteiger partial charge in [-0.3, -0.25) is 4.57 Å². The monoisotopic (exact) mass is 562 g/mol. The van der Waals surface area contributed by atoms with E-state index in [2.05, 4.69) is 114 Å². The fourth-order valence-corrected chi connectivity index (χ4v) is 6.57. The van der Waals surface area contributed by atoms with E-state index in [0.717, 1.165) is 28.6 Å². The zero-order chi connectivity index (χ0) is 29.0. The van der Waals surface area contributed by atoms with Crippen LogP contribution in [0.5, 0.6) is 0 Å².